The van der Waals surface area contributed by atoms with E-state index in [2.05, 4.69) is 37.6 Å². The van der Waals surface area contributed by atoms with Crippen molar-refractivity contribution in [2.45, 2.75) is 85.8 Å². The fraction of sp³-hybridized carbons (Fsp3) is 1.00. The molecule has 0 aromatic heterocycles. The topological polar surface area (TPSA) is 640 Å². The van der Waals surface area contributed by atoms with Crippen molar-refractivity contribution in [3.8, 4) is 0 Å². The molecular weight excluding hydrogens is 1250 g/mol. The third kappa shape index (κ3) is 26.1. The van der Waals surface area contributed by atoms with Crippen molar-refractivity contribution in [3.05, 3.63) is 0 Å². The zero-order valence-corrected chi connectivity index (χ0v) is 43.1. The minimum atomic E-state index is -6.09. The minimum Gasteiger partial charge on any atom is -0.376 e. The van der Waals surface area contributed by atoms with E-state index in [1.54, 1.807) is 0 Å². The van der Waals surface area contributed by atoms with Crippen LogP contribution in [-0.2, 0) is 177 Å². The standard InChI is InChI=1S/C20H38O43S10/c1-48-11(9(56-64(21)22)3-50-19-17(62-72(42,43)44)15(58-66(25)26)13(57-65(23)24)7(54-19)5-52-67(27,28)29)12(49-2)10(59-69(33,34)35)4-51-20-18(63-73(45,46)47)16(61-71(39,40)41)14(60-70(36,37)38)8(55-20)6-53-68(30,31)32/h7-20H,3-6H2,1-2H3,(H,21,22)(H,23,24)(H,25,26)(H,27,28,29)(H,30,31,32)(H,33,34,35)(H,36,37,38)(H,39,40,41)(H,42,43,44)(H,45,46,47)/t7-,8-,9-,10-,11-,12-,13-,14-,15+,16+,17-,18-,19-,20-/m1/s1. The van der Waals surface area contributed by atoms with Crippen molar-refractivity contribution in [2.75, 3.05) is 40.6 Å². The van der Waals surface area contributed by atoms with E-state index in [1.165, 1.54) is 0 Å². The molecule has 53 heteroatoms. The molecule has 0 radical (unpaired) electrons. The Hall–Kier alpha value is -0.940. The largest absolute Gasteiger partial charge is 0.397 e. The minimum absolute atomic E-state index is 0.588. The molecule has 436 valence electrons. The van der Waals surface area contributed by atoms with Crippen LogP contribution in [-0.4, -0.2) is 244 Å². The van der Waals surface area contributed by atoms with Gasteiger partial charge >= 0.3 is 107 Å². The molecule has 43 nitrogen and oxygen atoms in total. The Morgan fingerprint density at radius 1 is 0.438 bits per heavy atom. The van der Waals surface area contributed by atoms with Crippen LogP contribution in [0.25, 0.3) is 0 Å². The fourth-order valence-electron chi connectivity index (χ4n) is 6.00. The van der Waals surface area contributed by atoms with E-state index >= 15 is 0 Å². The number of methoxy groups -OCH3 is 2. The summed E-state index contributed by atoms with van der Waals surface area (Å²) in [5.74, 6) is 0. The molecule has 2 heterocycles. The maximum atomic E-state index is 12.2. The Morgan fingerprint density at radius 3 is 1.14 bits per heavy atom. The molecule has 2 aliphatic heterocycles. The maximum absolute atomic E-state index is 12.2. The van der Waals surface area contributed by atoms with E-state index in [9.17, 15) is 108 Å². The molecule has 2 aliphatic rings. The number of rotatable bonds is 33. The normalized spacial score (nSPS) is 29.2. The SMILES string of the molecule is CO[C@@H]([C@H](OC)[C@@H](CO[C@@H]1O[C@H](COS(=O)(=O)O)[C@@H](OS(=O)(=O)O)[C@H](OS(=O)(=O)O)[C@H]1OS(=O)(=O)O)OS(=O)(=O)O)[C@@H](CO[C@@H]1O[C@H](COS(=O)(=O)O)[C@@H](OS(=O)O)[C@H](OS(=O)O)[C@H]1OS(=O)(=O)O)OS(=O)O. The lowest BCUT2D eigenvalue weighted by Crippen LogP contribution is -2.63. The molecule has 2 rings (SSSR count). The van der Waals surface area contributed by atoms with Crippen LogP contribution in [0.5, 0.6) is 0 Å². The highest BCUT2D eigenvalue weighted by atomic mass is 32.3. The summed E-state index contributed by atoms with van der Waals surface area (Å²) in [6.07, 6.45) is -38.3. The van der Waals surface area contributed by atoms with E-state index < -0.39 is 219 Å². The highest BCUT2D eigenvalue weighted by Crippen LogP contribution is 2.34. The highest BCUT2D eigenvalue weighted by Gasteiger charge is 2.56. The van der Waals surface area contributed by atoms with Gasteiger partial charge in [-0.3, -0.25) is 58.1 Å². The number of hydrogen-bond acceptors (Lipinski definition) is 33. The van der Waals surface area contributed by atoms with Crippen LogP contribution in [0.3, 0.4) is 0 Å². The first-order valence-electron chi connectivity index (χ1n) is 17.4. The molecule has 0 bridgehead atoms. The van der Waals surface area contributed by atoms with Crippen molar-refractivity contribution in [2.24, 2.45) is 0 Å². The van der Waals surface area contributed by atoms with Gasteiger partial charge in [-0.2, -0.15) is 71.6 Å². The first-order valence-corrected chi connectivity index (χ1v) is 30.0. The smallest absolute Gasteiger partial charge is 0.376 e. The third-order valence-electron chi connectivity index (χ3n) is 8.16. The Balaban J connectivity index is 2.81. The highest BCUT2D eigenvalue weighted by molar-refractivity contribution is 7.82. The van der Waals surface area contributed by atoms with Crippen LogP contribution in [0, 0.1) is 0 Å². The summed E-state index contributed by atoms with van der Waals surface area (Å²) in [4.78, 5) is 0. The Bertz CT molecular complexity index is 2690. The molecule has 2 fully saturated rings. The molecule has 2 saturated heterocycles. The lowest BCUT2D eigenvalue weighted by molar-refractivity contribution is -0.295. The number of hydrogen-bond donors (Lipinski definition) is 10. The molecular formula is C20H38O43S10. The summed E-state index contributed by atoms with van der Waals surface area (Å²) >= 11 is -10.8. The predicted octanol–water partition coefficient (Wildman–Crippen LogP) is -7.36. The summed E-state index contributed by atoms with van der Waals surface area (Å²) in [5, 5.41) is 0. The average molecular weight is 1290 g/mol. The monoisotopic (exact) mass is 1290 g/mol. The molecule has 0 aliphatic carbocycles. The van der Waals surface area contributed by atoms with E-state index in [0.717, 1.165) is 0 Å². The van der Waals surface area contributed by atoms with Crippen LogP contribution >= 0.6 is 0 Å². The van der Waals surface area contributed by atoms with Gasteiger partial charge < -0.3 is 28.4 Å². The molecule has 10 N–H and O–H groups in total. The van der Waals surface area contributed by atoms with Gasteiger partial charge in [0.15, 0.2) is 24.8 Å². The molecule has 0 aromatic rings. The summed E-state index contributed by atoms with van der Waals surface area (Å²) in [6, 6.07) is 0. The molecule has 17 atom stereocenters. The van der Waals surface area contributed by atoms with Gasteiger partial charge in [-0.05, 0) is 0 Å². The van der Waals surface area contributed by atoms with Gasteiger partial charge in [0.25, 0.3) is 0 Å². The van der Waals surface area contributed by atoms with Crippen molar-refractivity contribution in [3.63, 3.8) is 0 Å². The molecule has 0 saturated carbocycles. The van der Waals surface area contributed by atoms with E-state index in [4.69, 9.17) is 41.7 Å². The Labute approximate surface area is 418 Å². The zero-order valence-electron chi connectivity index (χ0n) is 34.9. The average Bonchev–Trinajstić information content (AvgIpc) is 3.16. The third-order valence-corrected chi connectivity index (χ3v) is 12.6. The van der Waals surface area contributed by atoms with Crippen LogP contribution in [0.2, 0.25) is 0 Å². The van der Waals surface area contributed by atoms with Gasteiger partial charge in [0.2, 0.25) is 0 Å². The van der Waals surface area contributed by atoms with Crippen molar-refractivity contribution in [1.29, 1.82) is 0 Å². The van der Waals surface area contributed by atoms with Crippen LogP contribution in [0.4, 0.5) is 0 Å². The zero-order chi connectivity index (χ0) is 56.5. The second-order valence-electron chi connectivity index (χ2n) is 13.0. The van der Waals surface area contributed by atoms with E-state index in [1.807, 2.05) is 0 Å². The van der Waals surface area contributed by atoms with Gasteiger partial charge in [-0.1, -0.05) is 0 Å². The van der Waals surface area contributed by atoms with Gasteiger partial charge in [0, 0.05) is 14.2 Å². The second-order valence-corrected chi connectivity index (χ2v) is 22.3. The first kappa shape index (κ1) is 68.2. The molecule has 3 unspecified atom stereocenters. The van der Waals surface area contributed by atoms with Gasteiger partial charge in [0.1, 0.15) is 61.0 Å². The Morgan fingerprint density at radius 2 is 0.781 bits per heavy atom. The van der Waals surface area contributed by atoms with Gasteiger partial charge in [-0.15, -0.1) is 0 Å². The summed E-state index contributed by atoms with van der Waals surface area (Å²) in [5.41, 5.74) is 0. The van der Waals surface area contributed by atoms with Crippen LogP contribution in [0.1, 0.15) is 0 Å². The van der Waals surface area contributed by atoms with Gasteiger partial charge in [0.05, 0.1) is 26.4 Å². The van der Waals surface area contributed by atoms with Crippen LogP contribution in [0.15, 0.2) is 0 Å². The summed E-state index contributed by atoms with van der Waals surface area (Å²) < 4.78 is 369. The Kier molecular flexibility index (Phi) is 25.9. The van der Waals surface area contributed by atoms with Crippen molar-refractivity contribution in [1.82, 2.24) is 0 Å². The van der Waals surface area contributed by atoms with Crippen molar-refractivity contribution >= 4 is 107 Å². The van der Waals surface area contributed by atoms with Gasteiger partial charge in [-0.25, -0.2) is 29.3 Å². The van der Waals surface area contributed by atoms with Crippen molar-refractivity contribution < 1.29 is 187 Å². The predicted molar refractivity (Wildman–Crippen MR) is 215 cm³/mol. The second kappa shape index (κ2) is 27.8. The maximum Gasteiger partial charge on any atom is 0.397 e. The summed E-state index contributed by atoms with van der Waals surface area (Å²) in [6.45, 7) is -6.72. The number of ether oxygens (including phenoxy) is 6. The molecule has 0 spiro atoms. The van der Waals surface area contributed by atoms with E-state index in [-0.39, 0.29) is 0 Å². The van der Waals surface area contributed by atoms with E-state index in [0.29, 0.717) is 14.2 Å². The fourth-order valence-corrected chi connectivity index (χ4v) is 10.3. The van der Waals surface area contributed by atoms with Crippen LogP contribution < -0.4 is 0 Å². The molecule has 0 amide bonds. The lowest BCUT2D eigenvalue weighted by Gasteiger charge is -2.44. The summed E-state index contributed by atoms with van der Waals surface area (Å²) in [7, 11) is -39.9. The lowest BCUT2D eigenvalue weighted by atomic mass is 9.99. The first-order chi connectivity index (χ1) is 32.9. The molecule has 73 heavy (non-hydrogen) atoms. The quantitative estimate of drug-likeness (QED) is 0.0216. The molecule has 0 aromatic carbocycles.